The van der Waals surface area contributed by atoms with Crippen LogP contribution in [-0.2, 0) is 11.0 Å². The van der Waals surface area contributed by atoms with Gasteiger partial charge in [0.05, 0.1) is 12.5 Å². The highest BCUT2D eigenvalue weighted by Crippen LogP contribution is 2.32. The molecule has 0 amide bonds. The zero-order valence-corrected chi connectivity index (χ0v) is 11.6. The Labute approximate surface area is 108 Å². The van der Waals surface area contributed by atoms with Crippen LogP contribution in [0, 0.1) is 0 Å². The van der Waals surface area contributed by atoms with E-state index in [1.54, 1.807) is 6.26 Å². The van der Waals surface area contributed by atoms with Gasteiger partial charge < -0.3 is 9.09 Å². The van der Waals surface area contributed by atoms with Crippen LogP contribution in [-0.4, -0.2) is 14.7 Å². The maximum absolute atomic E-state index is 4.94. The molecule has 0 unspecified atom stereocenters. The fraction of sp³-hybridized carbons (Fsp3) is 0.571. The van der Waals surface area contributed by atoms with Crippen LogP contribution in [0.5, 0.6) is 0 Å². The molecule has 4 nitrogen and oxygen atoms in total. The summed E-state index contributed by atoms with van der Waals surface area (Å²) < 4.78 is 7.10. The molecule has 0 aromatic carbocycles. The zero-order valence-electron chi connectivity index (χ0n) is 11.6. The van der Waals surface area contributed by atoms with Gasteiger partial charge in [0.15, 0.2) is 0 Å². The van der Waals surface area contributed by atoms with E-state index < -0.39 is 0 Å². The van der Waals surface area contributed by atoms with Gasteiger partial charge in [-0.15, -0.1) is 0 Å². The molecule has 2 aromatic heterocycles. The normalized spacial score (nSPS) is 12.9. The van der Waals surface area contributed by atoms with Gasteiger partial charge in [0.25, 0.3) is 0 Å². The highest BCUT2D eigenvalue weighted by atomic mass is 16.5. The highest BCUT2D eigenvalue weighted by molar-refractivity contribution is 5.14. The van der Waals surface area contributed by atoms with E-state index >= 15 is 0 Å². The maximum Gasteiger partial charge on any atom is 0.127 e. The molecule has 0 saturated heterocycles. The summed E-state index contributed by atoms with van der Waals surface area (Å²) >= 11 is 0. The highest BCUT2D eigenvalue weighted by Gasteiger charge is 2.27. The van der Waals surface area contributed by atoms with E-state index in [0.717, 1.165) is 18.4 Å². The first-order chi connectivity index (χ1) is 8.42. The minimum Gasteiger partial charge on any atom is -0.364 e. The van der Waals surface area contributed by atoms with Crippen LogP contribution in [0.3, 0.4) is 0 Å². The lowest BCUT2D eigenvalue weighted by Crippen LogP contribution is -2.28. The quantitative estimate of drug-likeness (QED) is 0.813. The summed E-state index contributed by atoms with van der Waals surface area (Å²) in [7, 11) is 0. The number of hydrogen-bond acceptors (Lipinski definition) is 3. The molecule has 0 fully saturated rings. The molecule has 0 atom stereocenters. The third kappa shape index (κ3) is 2.63. The van der Waals surface area contributed by atoms with Gasteiger partial charge in [0.1, 0.15) is 6.26 Å². The lowest BCUT2D eigenvalue weighted by Gasteiger charge is -2.31. The Kier molecular flexibility index (Phi) is 3.28. The summed E-state index contributed by atoms with van der Waals surface area (Å²) in [4.78, 5) is 4.12. The molecule has 2 rings (SSSR count). The maximum atomic E-state index is 4.94. The Morgan fingerprint density at radius 2 is 2.00 bits per heavy atom. The zero-order chi connectivity index (χ0) is 13.2. The summed E-state index contributed by atoms with van der Waals surface area (Å²) in [5.41, 5.74) is 1.31. The van der Waals surface area contributed by atoms with Gasteiger partial charge in [-0.25, -0.2) is 4.98 Å². The van der Waals surface area contributed by atoms with Crippen LogP contribution in [0.1, 0.15) is 46.1 Å². The fourth-order valence-electron chi connectivity index (χ4n) is 2.05. The molecular weight excluding hydrogens is 226 g/mol. The number of imidazole rings is 1. The molecule has 0 spiro atoms. The van der Waals surface area contributed by atoms with E-state index in [1.807, 2.05) is 24.9 Å². The second kappa shape index (κ2) is 4.59. The van der Waals surface area contributed by atoms with Crippen molar-refractivity contribution in [2.75, 3.05) is 0 Å². The molecule has 98 valence electrons. The average Bonchev–Trinajstić information content (AvgIpc) is 2.99. The molecule has 2 aromatic rings. The summed E-state index contributed by atoms with van der Waals surface area (Å²) in [6, 6.07) is 0. The van der Waals surface area contributed by atoms with Crippen molar-refractivity contribution in [3.05, 3.63) is 36.7 Å². The van der Waals surface area contributed by atoms with Gasteiger partial charge in [-0.05, 0) is 32.1 Å². The minimum atomic E-state index is 0.0743. The van der Waals surface area contributed by atoms with Crippen molar-refractivity contribution in [3.8, 4) is 0 Å². The Morgan fingerprint density at radius 1 is 1.22 bits per heavy atom. The average molecular weight is 247 g/mol. The molecule has 0 aliphatic heterocycles. The van der Waals surface area contributed by atoms with Crippen molar-refractivity contribution < 1.29 is 4.52 Å². The lowest BCUT2D eigenvalue weighted by molar-refractivity contribution is 0.283. The molecule has 4 heteroatoms. The lowest BCUT2D eigenvalue weighted by atomic mass is 9.79. The number of aromatic nitrogens is 3. The van der Waals surface area contributed by atoms with Crippen molar-refractivity contribution in [2.24, 2.45) is 0 Å². The third-order valence-corrected chi connectivity index (χ3v) is 3.78. The Balaban J connectivity index is 2.03. The topological polar surface area (TPSA) is 43.9 Å². The van der Waals surface area contributed by atoms with E-state index in [4.69, 9.17) is 4.52 Å². The van der Waals surface area contributed by atoms with Crippen LogP contribution in [0.4, 0.5) is 0 Å². The van der Waals surface area contributed by atoms with Gasteiger partial charge in [-0.2, -0.15) is 0 Å². The van der Waals surface area contributed by atoms with Crippen molar-refractivity contribution >= 4 is 0 Å². The van der Waals surface area contributed by atoms with E-state index in [2.05, 4.69) is 42.4 Å². The summed E-state index contributed by atoms with van der Waals surface area (Å²) in [6.45, 7) is 8.92. The number of hydrogen-bond donors (Lipinski definition) is 0. The second-order valence-corrected chi connectivity index (χ2v) is 6.08. The third-order valence-electron chi connectivity index (χ3n) is 3.78. The first-order valence-electron chi connectivity index (χ1n) is 6.30. The van der Waals surface area contributed by atoms with E-state index in [-0.39, 0.29) is 11.0 Å². The SMILES string of the molecule is CC(C)(CCC(C)(C)n1ccnc1)c1cnoc1. The molecule has 18 heavy (non-hydrogen) atoms. The summed E-state index contributed by atoms with van der Waals surface area (Å²) in [5, 5.41) is 3.79. The van der Waals surface area contributed by atoms with Gasteiger partial charge in [0.2, 0.25) is 0 Å². The van der Waals surface area contributed by atoms with Gasteiger partial charge in [0, 0.05) is 23.5 Å². The molecule has 0 saturated carbocycles. The monoisotopic (exact) mass is 247 g/mol. The van der Waals surface area contributed by atoms with E-state index in [1.165, 1.54) is 0 Å². The predicted molar refractivity (Wildman–Crippen MR) is 70.3 cm³/mol. The van der Waals surface area contributed by atoms with Crippen molar-refractivity contribution in [2.45, 2.75) is 51.5 Å². The molecule has 0 radical (unpaired) electrons. The van der Waals surface area contributed by atoms with Crippen LogP contribution in [0.2, 0.25) is 0 Å². The fourth-order valence-corrected chi connectivity index (χ4v) is 2.05. The minimum absolute atomic E-state index is 0.0743. The Hall–Kier alpha value is -1.58. The second-order valence-electron chi connectivity index (χ2n) is 6.08. The molecule has 0 N–H and O–H groups in total. The smallest absolute Gasteiger partial charge is 0.127 e. The first kappa shape index (κ1) is 12.9. The molecule has 0 bridgehead atoms. The van der Waals surface area contributed by atoms with Gasteiger partial charge in [-0.1, -0.05) is 19.0 Å². The Bertz CT molecular complexity index is 423. The van der Waals surface area contributed by atoms with Crippen molar-refractivity contribution in [1.29, 1.82) is 0 Å². The number of rotatable bonds is 5. The van der Waals surface area contributed by atoms with Crippen LogP contribution >= 0.6 is 0 Å². The van der Waals surface area contributed by atoms with Crippen molar-refractivity contribution in [3.63, 3.8) is 0 Å². The summed E-state index contributed by atoms with van der Waals surface area (Å²) in [5.74, 6) is 0. The van der Waals surface area contributed by atoms with Crippen molar-refractivity contribution in [1.82, 2.24) is 14.7 Å². The molecule has 2 heterocycles. The standard InChI is InChI=1S/C14H21N3O/c1-13(2,12-9-16-18-10-12)5-6-14(3,4)17-8-7-15-11-17/h7-11H,5-6H2,1-4H3. The van der Waals surface area contributed by atoms with Gasteiger partial charge in [-0.3, -0.25) is 0 Å². The van der Waals surface area contributed by atoms with Gasteiger partial charge >= 0.3 is 0 Å². The molecular formula is C14H21N3O. The Morgan fingerprint density at radius 3 is 2.56 bits per heavy atom. The van der Waals surface area contributed by atoms with Crippen LogP contribution in [0.15, 0.2) is 35.7 Å². The van der Waals surface area contributed by atoms with E-state index in [9.17, 15) is 0 Å². The van der Waals surface area contributed by atoms with Crippen LogP contribution in [0.25, 0.3) is 0 Å². The predicted octanol–water partition coefficient (Wildman–Crippen LogP) is 3.36. The molecule has 0 aliphatic carbocycles. The molecule has 0 aliphatic rings. The van der Waals surface area contributed by atoms with E-state index in [0.29, 0.717) is 0 Å². The number of nitrogens with zero attached hydrogens (tertiary/aromatic N) is 3. The summed E-state index contributed by atoms with van der Waals surface area (Å²) in [6.07, 6.45) is 11.4. The van der Waals surface area contributed by atoms with Crippen LogP contribution < -0.4 is 0 Å². The first-order valence-corrected chi connectivity index (χ1v) is 6.30. The largest absolute Gasteiger partial charge is 0.364 e.